The molecule has 0 fully saturated rings. The molecular formula is C8H7N5O3. The first kappa shape index (κ1) is 10.0. The van der Waals surface area contributed by atoms with Gasteiger partial charge in [-0.3, -0.25) is 4.79 Å². The first-order chi connectivity index (χ1) is 7.70. The smallest absolute Gasteiger partial charge is 0.377 e. The zero-order valence-electron chi connectivity index (χ0n) is 8.25. The van der Waals surface area contributed by atoms with Crippen molar-refractivity contribution in [3.05, 3.63) is 34.9 Å². The molecule has 0 aromatic carbocycles. The van der Waals surface area contributed by atoms with Crippen molar-refractivity contribution in [2.24, 2.45) is 0 Å². The molecule has 82 valence electrons. The molecule has 2 heterocycles. The quantitative estimate of drug-likeness (QED) is 0.661. The third-order valence-corrected chi connectivity index (χ3v) is 1.76. The number of nitrogens with one attached hydrogen (secondary N) is 1. The van der Waals surface area contributed by atoms with Gasteiger partial charge in [-0.05, 0) is 0 Å². The van der Waals surface area contributed by atoms with Gasteiger partial charge in [0.25, 0.3) is 11.4 Å². The van der Waals surface area contributed by atoms with E-state index < -0.39 is 5.97 Å². The van der Waals surface area contributed by atoms with E-state index in [9.17, 15) is 9.59 Å². The van der Waals surface area contributed by atoms with Crippen molar-refractivity contribution in [2.45, 2.75) is 0 Å². The molecule has 2 rings (SSSR count). The fourth-order valence-corrected chi connectivity index (χ4v) is 1.04. The van der Waals surface area contributed by atoms with E-state index in [1.165, 1.54) is 30.5 Å². The molecule has 1 N–H and O–H groups in total. The van der Waals surface area contributed by atoms with Crippen LogP contribution in [0.5, 0.6) is 0 Å². The van der Waals surface area contributed by atoms with Gasteiger partial charge >= 0.3 is 5.97 Å². The Morgan fingerprint density at radius 2 is 2.31 bits per heavy atom. The Kier molecular flexibility index (Phi) is 2.46. The first-order valence-corrected chi connectivity index (χ1v) is 4.26. The van der Waals surface area contributed by atoms with Crippen molar-refractivity contribution in [2.75, 3.05) is 7.11 Å². The largest absolute Gasteiger partial charge is 0.463 e. The molecule has 0 unspecified atom stereocenters. The van der Waals surface area contributed by atoms with Gasteiger partial charge in [-0.2, -0.15) is 0 Å². The number of rotatable bonds is 2. The number of nitrogens with zero attached hydrogens (tertiary/aromatic N) is 4. The van der Waals surface area contributed by atoms with Crippen molar-refractivity contribution in [3.63, 3.8) is 0 Å². The summed E-state index contributed by atoms with van der Waals surface area (Å²) in [5.74, 6) is -0.473. The highest BCUT2D eigenvalue weighted by molar-refractivity contribution is 5.84. The van der Waals surface area contributed by atoms with Gasteiger partial charge in [-0.15, -0.1) is 5.10 Å². The third-order valence-electron chi connectivity index (χ3n) is 1.76. The summed E-state index contributed by atoms with van der Waals surface area (Å²) >= 11 is 0. The van der Waals surface area contributed by atoms with Crippen LogP contribution in [0.25, 0.3) is 5.82 Å². The van der Waals surface area contributed by atoms with Crippen LogP contribution in [0.3, 0.4) is 0 Å². The second kappa shape index (κ2) is 3.93. The maximum absolute atomic E-state index is 11.1. The molecule has 0 aliphatic heterocycles. The van der Waals surface area contributed by atoms with Crippen LogP contribution in [-0.2, 0) is 4.74 Å². The number of hydrogen-bond acceptors (Lipinski definition) is 6. The normalized spacial score (nSPS) is 10.1. The monoisotopic (exact) mass is 221 g/mol. The fraction of sp³-hybridized carbons (Fsp3) is 0.125. The summed E-state index contributed by atoms with van der Waals surface area (Å²) in [6, 6.07) is 1.23. The predicted molar refractivity (Wildman–Crippen MR) is 51.1 cm³/mol. The third kappa shape index (κ3) is 1.80. The van der Waals surface area contributed by atoms with Crippen molar-refractivity contribution in [1.29, 1.82) is 0 Å². The number of hydrogen-bond donors (Lipinski definition) is 1. The first-order valence-electron chi connectivity index (χ1n) is 4.26. The Bertz CT molecular complexity index is 573. The highest BCUT2D eigenvalue weighted by Crippen LogP contribution is 1.98. The molecule has 0 amide bonds. The minimum atomic E-state index is -0.649. The van der Waals surface area contributed by atoms with E-state index in [1.54, 1.807) is 0 Å². The molecule has 0 saturated heterocycles. The molecule has 2 aromatic heterocycles. The summed E-state index contributed by atoms with van der Waals surface area (Å²) < 4.78 is 5.65. The van der Waals surface area contributed by atoms with Gasteiger partial charge in [0.15, 0.2) is 5.82 Å². The Labute approximate surface area is 88.9 Å². The molecule has 0 spiro atoms. The number of ether oxygens (including phenoxy) is 1. The molecule has 0 aliphatic carbocycles. The average Bonchev–Trinajstić information content (AvgIpc) is 2.77. The predicted octanol–water partition coefficient (Wildman–Crippen LogP) is -0.863. The molecule has 8 nitrogen and oxygen atoms in total. The standard InChI is InChI=1S/C8H7N5O3/c1-16-8(15)7-11-4-13(12-7)5-2-6(14)10-3-9-5/h2-4H,1H3,(H,9,10,14). The number of aromatic amines is 1. The lowest BCUT2D eigenvalue weighted by molar-refractivity contribution is 0.0587. The number of esters is 1. The van der Waals surface area contributed by atoms with Crippen LogP contribution >= 0.6 is 0 Å². The Morgan fingerprint density at radius 1 is 1.50 bits per heavy atom. The van der Waals surface area contributed by atoms with Gasteiger partial charge < -0.3 is 9.72 Å². The van der Waals surface area contributed by atoms with Crippen LogP contribution < -0.4 is 5.56 Å². The number of carbonyl (C=O) groups is 1. The minimum Gasteiger partial charge on any atom is -0.463 e. The van der Waals surface area contributed by atoms with Crippen molar-refractivity contribution in [3.8, 4) is 5.82 Å². The van der Waals surface area contributed by atoms with Gasteiger partial charge in [0.05, 0.1) is 13.4 Å². The van der Waals surface area contributed by atoms with E-state index in [1.807, 2.05) is 0 Å². The molecule has 0 aliphatic rings. The van der Waals surface area contributed by atoms with Crippen LogP contribution in [-0.4, -0.2) is 37.8 Å². The topological polar surface area (TPSA) is 103 Å². The molecule has 16 heavy (non-hydrogen) atoms. The van der Waals surface area contributed by atoms with Gasteiger partial charge in [0, 0.05) is 6.07 Å². The summed E-state index contributed by atoms with van der Waals surface area (Å²) in [6.45, 7) is 0. The number of carbonyl (C=O) groups excluding carboxylic acids is 1. The number of methoxy groups -OCH3 is 1. The lowest BCUT2D eigenvalue weighted by atomic mass is 10.6. The number of aromatic nitrogens is 5. The van der Waals surface area contributed by atoms with E-state index >= 15 is 0 Å². The van der Waals surface area contributed by atoms with Crippen LogP contribution in [0.4, 0.5) is 0 Å². The van der Waals surface area contributed by atoms with E-state index in [-0.39, 0.29) is 17.2 Å². The van der Waals surface area contributed by atoms with E-state index in [0.717, 1.165) is 0 Å². The zero-order valence-corrected chi connectivity index (χ0v) is 8.25. The molecular weight excluding hydrogens is 214 g/mol. The van der Waals surface area contributed by atoms with Gasteiger partial charge in [0.1, 0.15) is 6.33 Å². The molecule has 0 bridgehead atoms. The van der Waals surface area contributed by atoms with Crippen LogP contribution in [0.1, 0.15) is 10.6 Å². The van der Waals surface area contributed by atoms with Crippen LogP contribution in [0.2, 0.25) is 0 Å². The average molecular weight is 221 g/mol. The fourth-order valence-electron chi connectivity index (χ4n) is 1.04. The Morgan fingerprint density at radius 3 is 3.00 bits per heavy atom. The highest BCUT2D eigenvalue weighted by atomic mass is 16.5. The second-order valence-electron chi connectivity index (χ2n) is 2.77. The number of H-pyrrole nitrogens is 1. The summed E-state index contributed by atoms with van der Waals surface area (Å²) in [5.41, 5.74) is -0.319. The maximum Gasteiger partial charge on any atom is 0.377 e. The minimum absolute atomic E-state index is 0.0930. The highest BCUT2D eigenvalue weighted by Gasteiger charge is 2.12. The molecule has 2 aromatic rings. The lowest BCUT2D eigenvalue weighted by Crippen LogP contribution is -2.10. The molecule has 0 radical (unpaired) electrons. The van der Waals surface area contributed by atoms with Gasteiger partial charge in [-0.25, -0.2) is 19.4 Å². The van der Waals surface area contributed by atoms with E-state index in [4.69, 9.17) is 0 Å². The van der Waals surface area contributed by atoms with Crippen molar-refractivity contribution in [1.82, 2.24) is 24.7 Å². The Hall–Kier alpha value is -2.51. The molecule has 8 heteroatoms. The van der Waals surface area contributed by atoms with Crippen LogP contribution in [0, 0.1) is 0 Å². The Balaban J connectivity index is 2.39. The maximum atomic E-state index is 11.1. The lowest BCUT2D eigenvalue weighted by Gasteiger charge is -1.96. The SMILES string of the molecule is COC(=O)c1ncn(-c2cc(=O)[nH]cn2)n1. The molecule has 0 saturated carbocycles. The van der Waals surface area contributed by atoms with Gasteiger partial charge in [0.2, 0.25) is 0 Å². The molecule has 0 atom stereocenters. The van der Waals surface area contributed by atoms with Crippen molar-refractivity contribution < 1.29 is 9.53 Å². The summed E-state index contributed by atoms with van der Waals surface area (Å²) in [6.07, 6.45) is 2.51. The van der Waals surface area contributed by atoms with E-state index in [2.05, 4.69) is 24.8 Å². The van der Waals surface area contributed by atoms with Gasteiger partial charge in [-0.1, -0.05) is 0 Å². The van der Waals surface area contributed by atoms with Crippen molar-refractivity contribution >= 4 is 5.97 Å². The summed E-state index contributed by atoms with van der Waals surface area (Å²) in [5, 5.41) is 3.81. The summed E-state index contributed by atoms with van der Waals surface area (Å²) in [7, 11) is 1.23. The summed E-state index contributed by atoms with van der Waals surface area (Å²) in [4.78, 5) is 32.0. The zero-order chi connectivity index (χ0) is 11.5. The van der Waals surface area contributed by atoms with Crippen LogP contribution in [0.15, 0.2) is 23.5 Å². The second-order valence-corrected chi connectivity index (χ2v) is 2.77. The van der Waals surface area contributed by atoms with E-state index in [0.29, 0.717) is 0 Å².